The Morgan fingerprint density at radius 2 is 1.95 bits per heavy atom. The largest absolute Gasteiger partial charge is 0.496 e. The normalized spacial score (nSPS) is 24.4. The van der Waals surface area contributed by atoms with Crippen LogP contribution < -0.4 is 10.1 Å². The first-order chi connectivity index (χ1) is 9.58. The van der Waals surface area contributed by atoms with Gasteiger partial charge in [-0.2, -0.15) is 23.5 Å². The molecule has 112 valence electrons. The van der Waals surface area contributed by atoms with Gasteiger partial charge in [0, 0.05) is 33.6 Å². The van der Waals surface area contributed by atoms with Crippen molar-refractivity contribution >= 4 is 23.5 Å². The molecule has 2 nitrogen and oxygen atoms in total. The number of benzene rings is 1. The van der Waals surface area contributed by atoms with Gasteiger partial charge in [-0.25, -0.2) is 0 Å². The zero-order valence-corrected chi connectivity index (χ0v) is 14.7. The molecule has 1 fully saturated rings. The first-order valence-corrected chi connectivity index (χ1v) is 9.23. The van der Waals surface area contributed by atoms with E-state index in [2.05, 4.69) is 68.8 Å². The molecule has 20 heavy (non-hydrogen) atoms. The Labute approximate surface area is 131 Å². The van der Waals surface area contributed by atoms with Crippen LogP contribution in [0.25, 0.3) is 0 Å². The zero-order valence-electron chi connectivity index (χ0n) is 13.0. The van der Waals surface area contributed by atoms with Crippen molar-refractivity contribution in [2.24, 2.45) is 0 Å². The van der Waals surface area contributed by atoms with Crippen LogP contribution in [0.1, 0.15) is 29.7 Å². The molecule has 3 unspecified atom stereocenters. The first kappa shape index (κ1) is 16.1. The van der Waals surface area contributed by atoms with E-state index in [1.807, 2.05) is 0 Å². The second-order valence-corrected chi connectivity index (χ2v) is 8.15. The van der Waals surface area contributed by atoms with Crippen molar-refractivity contribution in [3.05, 3.63) is 28.8 Å². The standard InChI is InChI=1S/C16H25NOS2/c1-10-8-11(2)14(13(9-10)18-5)15(17-4)16-12(3)19-6-7-20-16/h8-9,12,15-17H,6-7H2,1-5H3. The van der Waals surface area contributed by atoms with E-state index in [1.165, 1.54) is 28.2 Å². The molecule has 3 atom stereocenters. The van der Waals surface area contributed by atoms with Crippen molar-refractivity contribution in [2.75, 3.05) is 25.7 Å². The van der Waals surface area contributed by atoms with Crippen molar-refractivity contribution in [1.82, 2.24) is 5.32 Å². The lowest BCUT2D eigenvalue weighted by Crippen LogP contribution is -2.36. The van der Waals surface area contributed by atoms with Gasteiger partial charge in [0.25, 0.3) is 0 Å². The summed E-state index contributed by atoms with van der Waals surface area (Å²) in [5, 5.41) is 4.79. The number of thioether (sulfide) groups is 2. The van der Waals surface area contributed by atoms with Gasteiger partial charge >= 0.3 is 0 Å². The Morgan fingerprint density at radius 3 is 2.55 bits per heavy atom. The molecule has 4 heteroatoms. The maximum absolute atomic E-state index is 5.66. The molecule has 1 N–H and O–H groups in total. The SMILES string of the molecule is CNC(c1c(C)cc(C)cc1OC)C1SCCSC1C. The van der Waals surface area contributed by atoms with Crippen LogP contribution in [0.3, 0.4) is 0 Å². The van der Waals surface area contributed by atoms with E-state index in [4.69, 9.17) is 4.74 Å². The molecule has 1 aromatic carbocycles. The maximum Gasteiger partial charge on any atom is 0.124 e. The van der Waals surface area contributed by atoms with Crippen molar-refractivity contribution in [3.63, 3.8) is 0 Å². The molecule has 0 aliphatic carbocycles. The fraction of sp³-hybridized carbons (Fsp3) is 0.625. The summed E-state index contributed by atoms with van der Waals surface area (Å²) in [6.45, 7) is 6.67. The van der Waals surface area contributed by atoms with Crippen LogP contribution in [0.4, 0.5) is 0 Å². The van der Waals surface area contributed by atoms with Crippen LogP contribution in [0, 0.1) is 13.8 Å². The van der Waals surface area contributed by atoms with Crippen LogP contribution in [-0.2, 0) is 0 Å². The number of ether oxygens (including phenoxy) is 1. The van der Waals surface area contributed by atoms with Crippen molar-refractivity contribution in [1.29, 1.82) is 0 Å². The molecule has 2 rings (SSSR count). The molecule has 0 bridgehead atoms. The molecule has 1 aliphatic heterocycles. The summed E-state index contributed by atoms with van der Waals surface area (Å²) in [6.07, 6.45) is 0. The Hall–Kier alpha value is -0.320. The number of aryl methyl sites for hydroxylation is 2. The highest BCUT2D eigenvalue weighted by Crippen LogP contribution is 2.42. The molecule has 0 saturated carbocycles. The van der Waals surface area contributed by atoms with Gasteiger partial charge in [-0.05, 0) is 38.1 Å². The molecule has 1 saturated heterocycles. The minimum Gasteiger partial charge on any atom is -0.496 e. The molecule has 0 radical (unpaired) electrons. The number of rotatable bonds is 4. The minimum absolute atomic E-state index is 0.346. The van der Waals surface area contributed by atoms with Gasteiger partial charge in [0.2, 0.25) is 0 Å². The molecular weight excluding hydrogens is 286 g/mol. The molecule has 0 aromatic heterocycles. The lowest BCUT2D eigenvalue weighted by Gasteiger charge is -2.36. The van der Waals surface area contributed by atoms with Crippen LogP contribution in [-0.4, -0.2) is 36.2 Å². The maximum atomic E-state index is 5.66. The summed E-state index contributed by atoms with van der Waals surface area (Å²) in [7, 11) is 3.84. The first-order valence-electron chi connectivity index (χ1n) is 7.14. The second-order valence-electron chi connectivity index (χ2n) is 5.38. The number of methoxy groups -OCH3 is 1. The molecule has 1 heterocycles. The van der Waals surface area contributed by atoms with E-state index < -0.39 is 0 Å². The average Bonchev–Trinajstić information content (AvgIpc) is 2.43. The van der Waals surface area contributed by atoms with Crippen LogP contribution in [0.15, 0.2) is 12.1 Å². The molecule has 1 aliphatic rings. The smallest absolute Gasteiger partial charge is 0.124 e. The van der Waals surface area contributed by atoms with Crippen molar-refractivity contribution < 1.29 is 4.74 Å². The lowest BCUT2D eigenvalue weighted by atomic mass is 9.94. The van der Waals surface area contributed by atoms with Crippen LogP contribution >= 0.6 is 23.5 Å². The zero-order chi connectivity index (χ0) is 14.7. The summed E-state index contributed by atoms with van der Waals surface area (Å²) in [5.41, 5.74) is 3.91. The highest BCUT2D eigenvalue weighted by molar-refractivity contribution is 8.07. The molecule has 0 spiro atoms. The van der Waals surface area contributed by atoms with Gasteiger partial charge in [-0.15, -0.1) is 0 Å². The summed E-state index contributed by atoms with van der Waals surface area (Å²) in [6, 6.07) is 4.75. The van der Waals surface area contributed by atoms with Crippen LogP contribution in [0.5, 0.6) is 5.75 Å². The quantitative estimate of drug-likeness (QED) is 0.912. The fourth-order valence-electron chi connectivity index (χ4n) is 3.00. The number of hydrogen-bond donors (Lipinski definition) is 1. The summed E-state index contributed by atoms with van der Waals surface area (Å²) >= 11 is 4.18. The van der Waals surface area contributed by atoms with Crippen LogP contribution in [0.2, 0.25) is 0 Å². The Balaban J connectivity index is 2.40. The molecular formula is C16H25NOS2. The van der Waals surface area contributed by atoms with Crippen molar-refractivity contribution in [2.45, 2.75) is 37.3 Å². The molecule has 1 aromatic rings. The van der Waals surface area contributed by atoms with Gasteiger partial charge in [0.15, 0.2) is 0 Å². The molecule has 0 amide bonds. The topological polar surface area (TPSA) is 21.3 Å². The van der Waals surface area contributed by atoms with Gasteiger partial charge in [0.05, 0.1) is 7.11 Å². The average molecular weight is 312 g/mol. The van der Waals surface area contributed by atoms with Gasteiger partial charge in [-0.3, -0.25) is 0 Å². The number of nitrogens with one attached hydrogen (secondary N) is 1. The third kappa shape index (κ3) is 3.29. The Morgan fingerprint density at radius 1 is 1.25 bits per heavy atom. The highest BCUT2D eigenvalue weighted by atomic mass is 32.2. The Bertz CT molecular complexity index is 464. The lowest BCUT2D eigenvalue weighted by molar-refractivity contribution is 0.398. The Kier molecular flexibility index (Phi) is 5.70. The predicted molar refractivity (Wildman–Crippen MR) is 92.4 cm³/mol. The third-order valence-corrected chi connectivity index (χ3v) is 7.10. The highest BCUT2D eigenvalue weighted by Gasteiger charge is 2.33. The minimum atomic E-state index is 0.346. The van der Waals surface area contributed by atoms with Gasteiger partial charge in [-0.1, -0.05) is 13.0 Å². The van der Waals surface area contributed by atoms with Gasteiger partial charge in [0.1, 0.15) is 5.75 Å². The number of hydrogen-bond acceptors (Lipinski definition) is 4. The van der Waals surface area contributed by atoms with E-state index >= 15 is 0 Å². The second kappa shape index (κ2) is 7.10. The predicted octanol–water partition coefficient (Wildman–Crippen LogP) is 3.81. The van der Waals surface area contributed by atoms with E-state index in [9.17, 15) is 0 Å². The van der Waals surface area contributed by atoms with E-state index in [0.717, 1.165) is 5.75 Å². The monoisotopic (exact) mass is 311 g/mol. The van der Waals surface area contributed by atoms with E-state index in [0.29, 0.717) is 16.5 Å². The van der Waals surface area contributed by atoms with Gasteiger partial charge < -0.3 is 10.1 Å². The summed E-state index contributed by atoms with van der Waals surface area (Å²) in [5.74, 6) is 3.53. The van der Waals surface area contributed by atoms with Crippen molar-refractivity contribution in [3.8, 4) is 5.75 Å². The fourth-order valence-corrected chi connectivity index (χ4v) is 5.96. The van der Waals surface area contributed by atoms with E-state index in [1.54, 1.807) is 7.11 Å². The summed E-state index contributed by atoms with van der Waals surface area (Å²) in [4.78, 5) is 0. The third-order valence-electron chi connectivity index (χ3n) is 3.90. The summed E-state index contributed by atoms with van der Waals surface area (Å²) < 4.78 is 5.66. The van der Waals surface area contributed by atoms with E-state index in [-0.39, 0.29) is 0 Å².